The van der Waals surface area contributed by atoms with Crippen LogP contribution in [0.4, 0.5) is 5.95 Å². The summed E-state index contributed by atoms with van der Waals surface area (Å²) in [5, 5.41) is 7.43. The van der Waals surface area contributed by atoms with Gasteiger partial charge in [0.05, 0.1) is 5.69 Å². The average molecular weight is 345 g/mol. The number of pyridine rings is 2. The lowest BCUT2D eigenvalue weighted by molar-refractivity contribution is 1.05. The molecule has 0 aliphatic carbocycles. The third-order valence-corrected chi connectivity index (χ3v) is 4.44. The van der Waals surface area contributed by atoms with Crippen LogP contribution in [0.1, 0.15) is 5.56 Å². The number of rotatable bonds is 5. The van der Waals surface area contributed by atoms with Crippen molar-refractivity contribution in [1.29, 1.82) is 0 Å². The van der Waals surface area contributed by atoms with E-state index in [9.17, 15) is 0 Å². The van der Waals surface area contributed by atoms with Crippen molar-refractivity contribution in [2.75, 3.05) is 5.32 Å². The van der Waals surface area contributed by atoms with E-state index in [4.69, 9.17) is 4.98 Å². The standard InChI is InChI=1S/C19H15N5S/c1-2-15(11-21-6-1)18-17(16-5-9-25-13-16)12-23-19(24-18)22-10-14-3-7-20-8-4-14/h1-9,11-13H,10H2,(H,22,23,24). The Morgan fingerprint density at radius 3 is 2.60 bits per heavy atom. The quantitative estimate of drug-likeness (QED) is 0.585. The summed E-state index contributed by atoms with van der Waals surface area (Å²) in [6.07, 6.45) is 9.01. The van der Waals surface area contributed by atoms with Gasteiger partial charge in [0.25, 0.3) is 0 Å². The molecule has 0 spiro atoms. The van der Waals surface area contributed by atoms with Gasteiger partial charge in [0, 0.05) is 48.7 Å². The fraction of sp³-hybridized carbons (Fsp3) is 0.0526. The largest absolute Gasteiger partial charge is 0.350 e. The summed E-state index contributed by atoms with van der Waals surface area (Å²) in [7, 11) is 0. The molecule has 0 atom stereocenters. The van der Waals surface area contributed by atoms with E-state index in [0.717, 1.165) is 27.9 Å². The molecular weight excluding hydrogens is 330 g/mol. The third-order valence-electron chi connectivity index (χ3n) is 3.76. The molecule has 0 bridgehead atoms. The zero-order chi connectivity index (χ0) is 16.9. The molecule has 0 saturated carbocycles. The number of thiophene rings is 1. The van der Waals surface area contributed by atoms with Crippen molar-refractivity contribution in [2.45, 2.75) is 6.54 Å². The molecule has 0 fully saturated rings. The molecule has 4 rings (SSSR count). The van der Waals surface area contributed by atoms with E-state index in [1.54, 1.807) is 29.9 Å². The van der Waals surface area contributed by atoms with Crippen LogP contribution in [0.5, 0.6) is 0 Å². The lowest BCUT2D eigenvalue weighted by Crippen LogP contribution is -2.05. The minimum absolute atomic E-state index is 0.592. The lowest BCUT2D eigenvalue weighted by Gasteiger charge is -2.11. The predicted octanol–water partition coefficient (Wildman–Crippen LogP) is 4.27. The highest BCUT2D eigenvalue weighted by atomic mass is 32.1. The van der Waals surface area contributed by atoms with Gasteiger partial charge in [-0.3, -0.25) is 9.97 Å². The van der Waals surface area contributed by atoms with Gasteiger partial charge in [-0.1, -0.05) is 0 Å². The summed E-state index contributed by atoms with van der Waals surface area (Å²) in [6.45, 7) is 0.646. The molecule has 25 heavy (non-hydrogen) atoms. The number of nitrogens with zero attached hydrogens (tertiary/aromatic N) is 4. The summed E-state index contributed by atoms with van der Waals surface area (Å²) in [4.78, 5) is 17.5. The number of hydrogen-bond acceptors (Lipinski definition) is 6. The monoisotopic (exact) mass is 345 g/mol. The van der Waals surface area contributed by atoms with Crippen molar-refractivity contribution in [3.8, 4) is 22.4 Å². The first-order valence-corrected chi connectivity index (χ1v) is 8.77. The number of anilines is 1. The van der Waals surface area contributed by atoms with Gasteiger partial charge in [0.2, 0.25) is 5.95 Å². The van der Waals surface area contributed by atoms with Crippen LogP contribution in [0.15, 0.2) is 72.1 Å². The SMILES string of the molecule is c1cncc(-c2nc(NCc3ccncc3)ncc2-c2ccsc2)c1. The van der Waals surface area contributed by atoms with Crippen LogP contribution in [0.3, 0.4) is 0 Å². The van der Waals surface area contributed by atoms with E-state index >= 15 is 0 Å². The van der Waals surface area contributed by atoms with E-state index in [0.29, 0.717) is 12.5 Å². The fourth-order valence-electron chi connectivity index (χ4n) is 2.50. The zero-order valence-corrected chi connectivity index (χ0v) is 14.1. The van der Waals surface area contributed by atoms with Crippen molar-refractivity contribution in [3.63, 3.8) is 0 Å². The van der Waals surface area contributed by atoms with E-state index in [1.165, 1.54) is 0 Å². The third kappa shape index (κ3) is 3.54. The number of aromatic nitrogens is 4. The normalized spacial score (nSPS) is 10.6. The molecule has 6 heteroatoms. The highest BCUT2D eigenvalue weighted by Crippen LogP contribution is 2.31. The molecule has 4 aromatic rings. The fourth-order valence-corrected chi connectivity index (χ4v) is 3.16. The molecule has 0 aromatic carbocycles. The van der Waals surface area contributed by atoms with Crippen LogP contribution in [-0.4, -0.2) is 19.9 Å². The van der Waals surface area contributed by atoms with E-state index in [2.05, 4.69) is 37.1 Å². The van der Waals surface area contributed by atoms with Gasteiger partial charge >= 0.3 is 0 Å². The first-order chi connectivity index (χ1) is 12.4. The summed E-state index contributed by atoms with van der Waals surface area (Å²) >= 11 is 1.66. The van der Waals surface area contributed by atoms with E-state index < -0.39 is 0 Å². The Hall–Kier alpha value is -3.12. The van der Waals surface area contributed by atoms with Gasteiger partial charge in [0.15, 0.2) is 0 Å². The lowest BCUT2D eigenvalue weighted by atomic mass is 10.0. The predicted molar refractivity (Wildman–Crippen MR) is 100 cm³/mol. The zero-order valence-electron chi connectivity index (χ0n) is 13.3. The van der Waals surface area contributed by atoms with E-state index in [1.807, 2.05) is 36.7 Å². The highest BCUT2D eigenvalue weighted by Gasteiger charge is 2.12. The second-order valence-corrected chi connectivity index (χ2v) is 6.20. The average Bonchev–Trinajstić information content (AvgIpc) is 3.22. The molecule has 0 aliphatic rings. The maximum atomic E-state index is 4.74. The first-order valence-electron chi connectivity index (χ1n) is 7.83. The molecule has 0 aliphatic heterocycles. The Labute approximate surface area is 149 Å². The topological polar surface area (TPSA) is 63.6 Å². The molecule has 1 N–H and O–H groups in total. The van der Waals surface area contributed by atoms with Crippen LogP contribution in [0.2, 0.25) is 0 Å². The van der Waals surface area contributed by atoms with Gasteiger partial charge in [-0.15, -0.1) is 0 Å². The second kappa shape index (κ2) is 7.19. The van der Waals surface area contributed by atoms with Crippen molar-refractivity contribution in [1.82, 2.24) is 19.9 Å². The molecule has 0 saturated heterocycles. The van der Waals surface area contributed by atoms with Crippen molar-refractivity contribution < 1.29 is 0 Å². The highest BCUT2D eigenvalue weighted by molar-refractivity contribution is 7.08. The molecule has 0 radical (unpaired) electrons. The van der Waals surface area contributed by atoms with Crippen LogP contribution < -0.4 is 5.32 Å². The molecular formula is C19H15N5S. The minimum Gasteiger partial charge on any atom is -0.350 e. The smallest absolute Gasteiger partial charge is 0.223 e. The van der Waals surface area contributed by atoms with E-state index in [-0.39, 0.29) is 0 Å². The summed E-state index contributed by atoms with van der Waals surface area (Å²) in [5.74, 6) is 0.592. The second-order valence-electron chi connectivity index (χ2n) is 5.42. The minimum atomic E-state index is 0.592. The van der Waals surface area contributed by atoms with Gasteiger partial charge < -0.3 is 5.32 Å². The first kappa shape index (κ1) is 15.4. The van der Waals surface area contributed by atoms with Gasteiger partial charge in [-0.25, -0.2) is 9.97 Å². The molecule has 0 unspecified atom stereocenters. The van der Waals surface area contributed by atoms with Crippen LogP contribution in [-0.2, 0) is 6.54 Å². The maximum absolute atomic E-state index is 4.74. The van der Waals surface area contributed by atoms with Crippen molar-refractivity contribution in [3.05, 3.63) is 77.6 Å². The molecule has 0 amide bonds. The molecule has 122 valence electrons. The van der Waals surface area contributed by atoms with Gasteiger partial charge in [-0.2, -0.15) is 11.3 Å². The summed E-state index contributed by atoms with van der Waals surface area (Å²) in [6, 6.07) is 9.94. The molecule has 5 nitrogen and oxygen atoms in total. The molecule has 4 aromatic heterocycles. The van der Waals surface area contributed by atoms with Crippen LogP contribution in [0, 0.1) is 0 Å². The summed E-state index contributed by atoms with van der Waals surface area (Å²) < 4.78 is 0. The Morgan fingerprint density at radius 1 is 0.920 bits per heavy atom. The van der Waals surface area contributed by atoms with Gasteiger partial charge in [-0.05, 0) is 52.2 Å². The Kier molecular flexibility index (Phi) is 4.43. The molecule has 4 heterocycles. The van der Waals surface area contributed by atoms with Crippen molar-refractivity contribution >= 4 is 17.3 Å². The number of hydrogen-bond donors (Lipinski definition) is 1. The maximum Gasteiger partial charge on any atom is 0.223 e. The van der Waals surface area contributed by atoms with Gasteiger partial charge in [0.1, 0.15) is 0 Å². The van der Waals surface area contributed by atoms with Crippen molar-refractivity contribution in [2.24, 2.45) is 0 Å². The summed E-state index contributed by atoms with van der Waals surface area (Å²) in [5.41, 5.74) is 5.09. The van der Waals surface area contributed by atoms with Crippen LogP contribution >= 0.6 is 11.3 Å². The van der Waals surface area contributed by atoms with Crippen LogP contribution in [0.25, 0.3) is 22.4 Å². The Balaban J connectivity index is 1.68. The Bertz CT molecular complexity index is 940. The number of nitrogens with one attached hydrogen (secondary N) is 1. The Morgan fingerprint density at radius 2 is 1.84 bits per heavy atom.